The van der Waals surface area contributed by atoms with Gasteiger partial charge in [0.1, 0.15) is 0 Å². The quantitative estimate of drug-likeness (QED) is 0.172. The normalized spacial score (nSPS) is 14.7. The summed E-state index contributed by atoms with van der Waals surface area (Å²) in [6, 6.07) is 65.4. The van der Waals surface area contributed by atoms with Crippen molar-refractivity contribution < 1.29 is 0 Å². The summed E-state index contributed by atoms with van der Waals surface area (Å²) in [6.45, 7) is 4.77. The first kappa shape index (κ1) is 28.1. The summed E-state index contributed by atoms with van der Waals surface area (Å²) in [4.78, 5) is 2.46. The molecule has 0 atom stereocenters. The molecule has 0 aliphatic heterocycles. The number of benzene rings is 8. The van der Waals surface area contributed by atoms with Crippen LogP contribution >= 0.6 is 0 Å². The van der Waals surface area contributed by atoms with Crippen LogP contribution in [0, 0.1) is 0 Å². The lowest BCUT2D eigenvalue weighted by molar-refractivity contribution is 0.663. The van der Waals surface area contributed by atoms with E-state index in [0.717, 1.165) is 11.4 Å². The molecule has 0 fully saturated rings. The zero-order valence-electron chi connectivity index (χ0n) is 27.7. The van der Waals surface area contributed by atoms with E-state index in [0.29, 0.717) is 0 Å². The molecule has 0 unspecified atom stereocenters. The number of para-hydroxylation sites is 1. The standard InChI is InChI=1S/C48H35N/c1-47(2)42-24-14-15-32-25-26-33-29-38(31-44(47)46(33)45(32)42)49(36-20-10-5-11-21-36)37-27-28-40-39-22-12-13-23-41(39)48(43(40)30-37,34-16-6-3-7-17-34)35-18-8-4-9-19-35/h3-31H,1-2H3. The predicted molar refractivity (Wildman–Crippen MR) is 206 cm³/mol. The first-order valence-electron chi connectivity index (χ1n) is 17.3. The molecule has 0 bridgehead atoms. The maximum absolute atomic E-state index is 2.47. The third kappa shape index (κ3) is 3.82. The summed E-state index contributed by atoms with van der Waals surface area (Å²) in [5, 5.41) is 5.41. The summed E-state index contributed by atoms with van der Waals surface area (Å²) in [5.74, 6) is 0. The number of fused-ring (bicyclic) bond motifs is 3. The second-order valence-corrected chi connectivity index (χ2v) is 14.1. The van der Waals surface area contributed by atoms with Crippen LogP contribution in [0.4, 0.5) is 17.1 Å². The summed E-state index contributed by atoms with van der Waals surface area (Å²) in [7, 11) is 0. The van der Waals surface area contributed by atoms with Crippen molar-refractivity contribution in [2.24, 2.45) is 0 Å². The third-order valence-corrected chi connectivity index (χ3v) is 11.3. The number of nitrogens with zero attached hydrogens (tertiary/aromatic N) is 1. The molecule has 49 heavy (non-hydrogen) atoms. The fourth-order valence-corrected chi connectivity index (χ4v) is 9.11. The Morgan fingerprint density at radius 1 is 0.367 bits per heavy atom. The first-order valence-corrected chi connectivity index (χ1v) is 17.3. The molecule has 8 aromatic carbocycles. The van der Waals surface area contributed by atoms with Crippen molar-refractivity contribution >= 4 is 38.6 Å². The van der Waals surface area contributed by atoms with Crippen molar-refractivity contribution in [3.8, 4) is 11.1 Å². The Kier molecular flexibility index (Phi) is 5.91. The molecule has 1 nitrogen and oxygen atoms in total. The maximum Gasteiger partial charge on any atom is 0.0714 e. The van der Waals surface area contributed by atoms with E-state index >= 15 is 0 Å². The molecule has 0 saturated carbocycles. The zero-order chi connectivity index (χ0) is 32.7. The lowest BCUT2D eigenvalue weighted by Gasteiger charge is -2.35. The van der Waals surface area contributed by atoms with Crippen LogP contribution in [0.3, 0.4) is 0 Å². The Labute approximate surface area is 287 Å². The van der Waals surface area contributed by atoms with Crippen molar-refractivity contribution in [2.75, 3.05) is 4.90 Å². The Morgan fingerprint density at radius 2 is 0.939 bits per heavy atom. The minimum atomic E-state index is -0.459. The Hall–Kier alpha value is -5.92. The van der Waals surface area contributed by atoms with E-state index in [4.69, 9.17) is 0 Å². The molecule has 0 saturated heterocycles. The maximum atomic E-state index is 2.47. The van der Waals surface area contributed by atoms with Crippen molar-refractivity contribution in [1.82, 2.24) is 0 Å². The van der Waals surface area contributed by atoms with Gasteiger partial charge in [-0.15, -0.1) is 0 Å². The van der Waals surface area contributed by atoms with E-state index in [1.54, 1.807) is 0 Å². The van der Waals surface area contributed by atoms with Gasteiger partial charge >= 0.3 is 0 Å². The highest BCUT2D eigenvalue weighted by atomic mass is 15.1. The van der Waals surface area contributed by atoms with Crippen LogP contribution in [0.15, 0.2) is 176 Å². The summed E-state index contributed by atoms with van der Waals surface area (Å²) < 4.78 is 0. The summed E-state index contributed by atoms with van der Waals surface area (Å²) in [5.41, 5.74) is 13.5. The van der Waals surface area contributed by atoms with E-state index in [1.165, 1.54) is 71.7 Å². The van der Waals surface area contributed by atoms with Crippen LogP contribution in [-0.4, -0.2) is 0 Å². The zero-order valence-corrected chi connectivity index (χ0v) is 27.7. The molecule has 10 rings (SSSR count). The molecule has 2 aliphatic rings. The van der Waals surface area contributed by atoms with Crippen LogP contribution in [0.1, 0.15) is 47.2 Å². The molecule has 0 N–H and O–H groups in total. The molecule has 8 aromatic rings. The van der Waals surface area contributed by atoms with Gasteiger partial charge in [0.25, 0.3) is 0 Å². The Morgan fingerprint density at radius 3 is 1.67 bits per heavy atom. The second kappa shape index (κ2) is 10.3. The number of rotatable bonds is 5. The van der Waals surface area contributed by atoms with Gasteiger partial charge in [0, 0.05) is 22.5 Å². The average Bonchev–Trinajstić information content (AvgIpc) is 3.58. The minimum Gasteiger partial charge on any atom is -0.310 e. The van der Waals surface area contributed by atoms with Crippen LogP contribution in [0.5, 0.6) is 0 Å². The SMILES string of the molecule is CC1(C)c2cccc3ccc4cc(N(c5ccccc5)c5ccc6c(c5)C(c5ccccc5)(c5ccccc5)c5ccccc5-6)cc1c4c23. The van der Waals surface area contributed by atoms with Gasteiger partial charge in [-0.25, -0.2) is 0 Å². The highest BCUT2D eigenvalue weighted by Gasteiger charge is 2.46. The molecule has 0 spiro atoms. The number of anilines is 3. The average molecular weight is 626 g/mol. The Bertz CT molecular complexity index is 2520. The van der Waals surface area contributed by atoms with Crippen molar-refractivity contribution in [3.63, 3.8) is 0 Å². The van der Waals surface area contributed by atoms with Gasteiger partial charge in [-0.3, -0.25) is 0 Å². The number of hydrogen-bond acceptors (Lipinski definition) is 1. The third-order valence-electron chi connectivity index (χ3n) is 11.3. The van der Waals surface area contributed by atoms with Crippen molar-refractivity contribution in [2.45, 2.75) is 24.7 Å². The van der Waals surface area contributed by atoms with Crippen LogP contribution < -0.4 is 4.90 Å². The van der Waals surface area contributed by atoms with E-state index < -0.39 is 5.41 Å². The van der Waals surface area contributed by atoms with Crippen LogP contribution in [0.25, 0.3) is 32.7 Å². The van der Waals surface area contributed by atoms with Gasteiger partial charge in [-0.2, -0.15) is 0 Å². The van der Waals surface area contributed by atoms with Crippen LogP contribution in [-0.2, 0) is 10.8 Å². The highest BCUT2D eigenvalue weighted by molar-refractivity contribution is 6.16. The fourth-order valence-electron chi connectivity index (χ4n) is 9.11. The summed E-state index contributed by atoms with van der Waals surface area (Å²) >= 11 is 0. The van der Waals surface area contributed by atoms with Gasteiger partial charge in [-0.1, -0.05) is 153 Å². The molecule has 0 heterocycles. The molecular formula is C48H35N. The topological polar surface area (TPSA) is 3.24 Å². The molecule has 0 radical (unpaired) electrons. The lowest BCUT2D eigenvalue weighted by Crippen LogP contribution is -2.28. The largest absolute Gasteiger partial charge is 0.310 e. The van der Waals surface area contributed by atoms with Crippen molar-refractivity contribution in [1.29, 1.82) is 0 Å². The van der Waals surface area contributed by atoms with Gasteiger partial charge in [0.15, 0.2) is 0 Å². The van der Waals surface area contributed by atoms with Gasteiger partial charge in [0.2, 0.25) is 0 Å². The smallest absolute Gasteiger partial charge is 0.0714 e. The summed E-state index contributed by atoms with van der Waals surface area (Å²) in [6.07, 6.45) is 0. The monoisotopic (exact) mass is 625 g/mol. The van der Waals surface area contributed by atoms with E-state index in [2.05, 4.69) is 195 Å². The van der Waals surface area contributed by atoms with Crippen LogP contribution in [0.2, 0.25) is 0 Å². The van der Waals surface area contributed by atoms with Gasteiger partial charge in [-0.05, 0) is 102 Å². The molecule has 0 aromatic heterocycles. The Balaban J connectivity index is 1.26. The predicted octanol–water partition coefficient (Wildman–Crippen LogP) is 12.5. The first-order chi connectivity index (χ1) is 24.1. The highest BCUT2D eigenvalue weighted by Crippen LogP contribution is 2.58. The molecule has 0 amide bonds. The fraction of sp³-hybridized carbons (Fsp3) is 0.0833. The van der Waals surface area contributed by atoms with Gasteiger partial charge < -0.3 is 4.90 Å². The molecule has 2 aliphatic carbocycles. The van der Waals surface area contributed by atoms with E-state index in [1.807, 2.05) is 0 Å². The number of hydrogen-bond donors (Lipinski definition) is 0. The van der Waals surface area contributed by atoms with E-state index in [-0.39, 0.29) is 5.41 Å². The second-order valence-electron chi connectivity index (χ2n) is 14.1. The van der Waals surface area contributed by atoms with Gasteiger partial charge in [0.05, 0.1) is 5.41 Å². The molecule has 232 valence electrons. The van der Waals surface area contributed by atoms with Crippen molar-refractivity contribution in [3.05, 3.63) is 209 Å². The minimum absolute atomic E-state index is 0.102. The van der Waals surface area contributed by atoms with E-state index in [9.17, 15) is 0 Å². The molecule has 1 heteroatoms. The lowest BCUT2D eigenvalue weighted by atomic mass is 9.67. The molecular weight excluding hydrogens is 591 g/mol.